The van der Waals surface area contributed by atoms with Crippen LogP contribution in [-0.4, -0.2) is 87.1 Å². The molecule has 0 aliphatic rings. The third-order valence-corrected chi connectivity index (χ3v) is 5.80. The van der Waals surface area contributed by atoms with Gasteiger partial charge in [0.25, 0.3) is 0 Å². The summed E-state index contributed by atoms with van der Waals surface area (Å²) < 4.78 is 0. The van der Waals surface area contributed by atoms with E-state index < -0.39 is 0 Å². The Bertz CT molecular complexity index is 646. The van der Waals surface area contributed by atoms with Crippen LogP contribution < -0.4 is 0 Å². The molecule has 1 unspecified atom stereocenters. The molecule has 0 saturated heterocycles. The van der Waals surface area contributed by atoms with Gasteiger partial charge in [0.2, 0.25) is 0 Å². The number of aryl methyl sites for hydroxylation is 1. The Morgan fingerprint density at radius 3 is 1.90 bits per heavy atom. The Labute approximate surface area is 184 Å². The molecule has 0 bridgehead atoms. The molecule has 0 heterocycles. The number of phenols is 1. The smallest absolute Gasteiger partial charge is 0.115 e. The number of phenolic OH excluding ortho intramolecular Hbond substituents is 1. The lowest BCUT2D eigenvalue weighted by Crippen LogP contribution is -2.33. The van der Waals surface area contributed by atoms with Crippen molar-refractivity contribution in [3.05, 3.63) is 65.7 Å². The largest absolute Gasteiger partial charge is 0.508 e. The highest BCUT2D eigenvalue weighted by Gasteiger charge is 2.07. The number of aromatic hydroxyl groups is 1. The van der Waals surface area contributed by atoms with Crippen molar-refractivity contribution in [1.29, 1.82) is 0 Å². The quantitative estimate of drug-likeness (QED) is 0.242. The van der Waals surface area contributed by atoms with Crippen LogP contribution >= 0.6 is 0 Å². The Hall–Kier alpha value is -1.15. The Balaban J connectivity index is 1.32. The molecule has 0 aliphatic carbocycles. The van der Waals surface area contributed by atoms with E-state index in [0.717, 1.165) is 32.7 Å². The van der Waals surface area contributed by atoms with Crippen LogP contribution in [0.4, 0.5) is 0 Å². The number of rotatable bonds is 16. The number of benzene rings is 2. The van der Waals surface area contributed by atoms with E-state index >= 15 is 0 Å². The third kappa shape index (κ3) is 12.2. The van der Waals surface area contributed by atoms with Crippen LogP contribution in [0, 0.1) is 0 Å². The summed E-state index contributed by atoms with van der Waals surface area (Å²) in [6.45, 7) is 0. The lowest BCUT2D eigenvalue weighted by atomic mass is 8.88. The van der Waals surface area contributed by atoms with E-state index in [0.29, 0.717) is 5.75 Å². The second-order valence-electron chi connectivity index (χ2n) is 8.42. The van der Waals surface area contributed by atoms with E-state index in [9.17, 15) is 10.2 Å². The van der Waals surface area contributed by atoms with Crippen LogP contribution in [0.1, 0.15) is 17.5 Å². The molecule has 1 atom stereocenters. The summed E-state index contributed by atoms with van der Waals surface area (Å²) in [7, 11) is 13.0. The van der Waals surface area contributed by atoms with Gasteiger partial charge in [-0.05, 0) is 30.5 Å². The average molecular weight is 375 g/mol. The van der Waals surface area contributed by atoms with E-state index in [-0.39, 0.29) is 6.10 Å². The lowest BCUT2D eigenvalue weighted by molar-refractivity contribution is 0.185. The monoisotopic (exact) mass is 376 g/mol. The zero-order valence-electron chi connectivity index (χ0n) is 18.1. The first kappa shape index (κ1) is 24.1. The topological polar surface area (TPSA) is 40.5 Å². The highest BCUT2D eigenvalue weighted by molar-refractivity contribution is 7.69. The molecule has 2 aromatic rings. The molecule has 2 rings (SSSR count). The summed E-state index contributed by atoms with van der Waals surface area (Å²) >= 11 is 0. The van der Waals surface area contributed by atoms with Gasteiger partial charge in [0.15, 0.2) is 0 Å². The van der Waals surface area contributed by atoms with Crippen LogP contribution in [0.2, 0.25) is 6.32 Å². The molecule has 0 spiro atoms. The van der Waals surface area contributed by atoms with Gasteiger partial charge in [-0.2, -0.15) is 0 Å². The molecule has 29 heavy (non-hydrogen) atoms. The van der Waals surface area contributed by atoms with E-state index in [2.05, 4.69) is 24.3 Å². The van der Waals surface area contributed by atoms with Crippen LogP contribution in [0.25, 0.3) is 0 Å². The fourth-order valence-electron chi connectivity index (χ4n) is 3.91. The minimum atomic E-state index is -0.142. The minimum absolute atomic E-state index is 0.142. The first-order valence-electron chi connectivity index (χ1n) is 11.7. The van der Waals surface area contributed by atoms with E-state index in [1.54, 1.807) is 12.1 Å². The van der Waals surface area contributed by atoms with Crippen molar-refractivity contribution in [3.8, 4) is 5.75 Å². The molecule has 0 aromatic heterocycles. The highest BCUT2D eigenvalue weighted by atomic mass is 16.3. The standard InChI is InChI=1S/C17H30B10O2/c28-16-9-7-15(8-10-16)12-18-20-22-24-26-27-25-23-21-19-13-17(29)11-6-14-4-2-1-3-5-14/h1-5,7-10,17-29H,6,11-13H2. The summed E-state index contributed by atoms with van der Waals surface area (Å²) in [5.41, 5.74) is 2.65. The van der Waals surface area contributed by atoms with Gasteiger partial charge in [0.1, 0.15) is 5.75 Å². The molecule has 140 valence electrons. The van der Waals surface area contributed by atoms with Crippen LogP contribution in [-0.2, 0) is 12.7 Å². The fraction of sp³-hybridized carbons (Fsp3) is 0.294. The van der Waals surface area contributed by atoms with Gasteiger partial charge in [-0.3, -0.25) is 0 Å². The van der Waals surface area contributed by atoms with E-state index in [4.69, 9.17) is 0 Å². The minimum Gasteiger partial charge on any atom is -0.508 e. The maximum Gasteiger partial charge on any atom is 0.115 e. The molecule has 0 aliphatic heterocycles. The van der Waals surface area contributed by atoms with Crippen molar-refractivity contribution in [3.63, 3.8) is 0 Å². The molecule has 2 aromatic carbocycles. The number of aliphatic hydroxyl groups is 1. The Kier molecular flexibility index (Phi) is 13.0. The maximum absolute atomic E-state index is 10.1. The second-order valence-corrected chi connectivity index (χ2v) is 8.42. The molecule has 0 radical (unpaired) electrons. The number of hydrogen-bond acceptors (Lipinski definition) is 2. The zero-order valence-corrected chi connectivity index (χ0v) is 18.1. The molecule has 0 fully saturated rings. The molecule has 2 nitrogen and oxygen atoms in total. The van der Waals surface area contributed by atoms with Gasteiger partial charge in [-0.1, -0.05) is 60.7 Å². The van der Waals surface area contributed by atoms with Crippen LogP contribution in [0.15, 0.2) is 54.6 Å². The average Bonchev–Trinajstić information content (AvgIpc) is 2.75. The molecule has 0 amide bonds. The molecule has 12 heteroatoms. The number of hydrogen-bond donors (Lipinski definition) is 2. The van der Waals surface area contributed by atoms with Crippen molar-refractivity contribution < 1.29 is 10.2 Å². The summed E-state index contributed by atoms with van der Waals surface area (Å²) in [4.78, 5) is 0. The Morgan fingerprint density at radius 1 is 0.655 bits per heavy atom. The second kappa shape index (κ2) is 15.7. The van der Waals surface area contributed by atoms with Crippen molar-refractivity contribution in [1.82, 2.24) is 0 Å². The van der Waals surface area contributed by atoms with Gasteiger partial charge in [-0.25, -0.2) is 0 Å². The fourth-order valence-corrected chi connectivity index (χ4v) is 3.91. The normalized spacial score (nSPS) is 10.8. The van der Waals surface area contributed by atoms with Crippen molar-refractivity contribution in [2.24, 2.45) is 0 Å². The highest BCUT2D eigenvalue weighted by Crippen LogP contribution is 2.09. The van der Waals surface area contributed by atoms with Gasteiger partial charge in [0, 0.05) is 62.6 Å². The first-order chi connectivity index (χ1) is 14.2. The summed E-state index contributed by atoms with van der Waals surface area (Å²) in [6, 6.07) is 18.1. The lowest BCUT2D eigenvalue weighted by Gasteiger charge is -2.09. The van der Waals surface area contributed by atoms with Crippen molar-refractivity contribution in [2.45, 2.75) is 31.6 Å². The SMILES string of the molecule is Oc1ccc(CBBBBBBBBBBCC(O)CCc2ccccc2)cc1. The van der Waals surface area contributed by atoms with Gasteiger partial charge >= 0.3 is 0 Å². The van der Waals surface area contributed by atoms with Crippen molar-refractivity contribution in [2.75, 3.05) is 0 Å². The molecular weight excluding hydrogens is 344 g/mol. The predicted molar refractivity (Wildman–Crippen MR) is 149 cm³/mol. The number of aliphatic hydroxyl groups excluding tert-OH is 1. The Morgan fingerprint density at radius 2 is 1.24 bits per heavy atom. The van der Waals surface area contributed by atoms with Crippen LogP contribution in [0.5, 0.6) is 5.75 Å². The van der Waals surface area contributed by atoms with Gasteiger partial charge < -0.3 is 10.2 Å². The van der Waals surface area contributed by atoms with E-state index in [1.807, 2.05) is 18.2 Å². The molecule has 0 saturated carbocycles. The summed E-state index contributed by atoms with van der Waals surface area (Å²) in [5, 5.41) is 19.4. The van der Waals surface area contributed by atoms with Gasteiger partial charge in [-0.15, -0.1) is 0 Å². The van der Waals surface area contributed by atoms with Crippen molar-refractivity contribution >= 4 is 70.8 Å². The van der Waals surface area contributed by atoms with E-state index in [1.165, 1.54) is 74.8 Å². The summed E-state index contributed by atoms with van der Waals surface area (Å²) in [5.74, 6) is 0.355. The maximum atomic E-state index is 10.1. The zero-order chi connectivity index (χ0) is 20.6. The van der Waals surface area contributed by atoms with Crippen LogP contribution in [0.3, 0.4) is 0 Å². The summed E-state index contributed by atoms with van der Waals surface area (Å²) in [6.07, 6.45) is 3.80. The molecule has 2 N–H and O–H groups in total. The first-order valence-corrected chi connectivity index (χ1v) is 11.7. The predicted octanol–water partition coefficient (Wildman–Crippen LogP) is -3.10. The molecular formula is C17H30B10O2. The van der Waals surface area contributed by atoms with Gasteiger partial charge in [0.05, 0.1) is 14.3 Å². The third-order valence-electron chi connectivity index (χ3n) is 5.80.